The third kappa shape index (κ3) is 4.13. The maximum Gasteiger partial charge on any atom is 0.258 e. The summed E-state index contributed by atoms with van der Waals surface area (Å²) in [5.41, 5.74) is 6.22. The molecule has 2 atom stereocenters. The summed E-state index contributed by atoms with van der Waals surface area (Å²) < 4.78 is 5.35. The molecule has 2 rings (SSSR count). The van der Waals surface area contributed by atoms with E-state index in [1.807, 2.05) is 0 Å². The minimum atomic E-state index is -0.440. The Morgan fingerprint density at radius 1 is 1.42 bits per heavy atom. The SMILES string of the molecule is Nc1cccc(OCC(=O)N[C@@H]2CCCC[C@H]2O)c1. The van der Waals surface area contributed by atoms with Gasteiger partial charge in [-0.25, -0.2) is 0 Å². The second-order valence-corrected chi connectivity index (χ2v) is 4.89. The maximum atomic E-state index is 11.7. The number of anilines is 1. The average Bonchev–Trinajstić information content (AvgIpc) is 2.39. The van der Waals surface area contributed by atoms with Gasteiger partial charge in [0, 0.05) is 11.8 Å². The van der Waals surface area contributed by atoms with Crippen LogP contribution in [-0.4, -0.2) is 29.8 Å². The largest absolute Gasteiger partial charge is 0.484 e. The lowest BCUT2D eigenvalue weighted by molar-refractivity contribution is -0.125. The highest BCUT2D eigenvalue weighted by Gasteiger charge is 2.24. The van der Waals surface area contributed by atoms with Crippen molar-refractivity contribution in [2.24, 2.45) is 0 Å². The van der Waals surface area contributed by atoms with Gasteiger partial charge in [-0.2, -0.15) is 0 Å². The molecular formula is C14H20N2O3. The highest BCUT2D eigenvalue weighted by atomic mass is 16.5. The number of aliphatic hydroxyl groups excluding tert-OH is 1. The summed E-state index contributed by atoms with van der Waals surface area (Å²) in [7, 11) is 0. The molecule has 104 valence electrons. The number of carbonyl (C=O) groups excluding carboxylic acids is 1. The Labute approximate surface area is 112 Å². The molecule has 1 aromatic carbocycles. The van der Waals surface area contributed by atoms with E-state index in [1.54, 1.807) is 24.3 Å². The summed E-state index contributed by atoms with van der Waals surface area (Å²) in [6.07, 6.45) is 3.20. The van der Waals surface area contributed by atoms with Crippen molar-refractivity contribution in [1.29, 1.82) is 0 Å². The van der Waals surface area contributed by atoms with Crippen LogP contribution in [-0.2, 0) is 4.79 Å². The van der Waals surface area contributed by atoms with Crippen molar-refractivity contribution in [3.63, 3.8) is 0 Å². The summed E-state index contributed by atoms with van der Waals surface area (Å²) in [6, 6.07) is 6.80. The molecule has 1 aromatic rings. The first kappa shape index (κ1) is 13.7. The van der Waals surface area contributed by atoms with E-state index < -0.39 is 6.10 Å². The van der Waals surface area contributed by atoms with Gasteiger partial charge >= 0.3 is 0 Å². The fourth-order valence-electron chi connectivity index (χ4n) is 2.28. The van der Waals surface area contributed by atoms with E-state index in [9.17, 15) is 9.90 Å². The van der Waals surface area contributed by atoms with Gasteiger partial charge in [0.2, 0.25) is 0 Å². The molecule has 1 aliphatic carbocycles. The van der Waals surface area contributed by atoms with Crippen LogP contribution in [0.1, 0.15) is 25.7 Å². The van der Waals surface area contributed by atoms with Gasteiger partial charge in [-0.3, -0.25) is 4.79 Å². The van der Waals surface area contributed by atoms with Crippen LogP contribution in [0.3, 0.4) is 0 Å². The van der Waals surface area contributed by atoms with Crippen LogP contribution in [0.25, 0.3) is 0 Å². The van der Waals surface area contributed by atoms with Gasteiger partial charge in [-0.05, 0) is 25.0 Å². The van der Waals surface area contributed by atoms with Gasteiger partial charge in [0.25, 0.3) is 5.91 Å². The molecule has 0 unspecified atom stereocenters. The number of nitrogens with one attached hydrogen (secondary N) is 1. The number of aliphatic hydroxyl groups is 1. The zero-order chi connectivity index (χ0) is 13.7. The summed E-state index contributed by atoms with van der Waals surface area (Å²) in [4.78, 5) is 11.7. The van der Waals surface area contributed by atoms with Crippen LogP contribution in [0, 0.1) is 0 Å². The van der Waals surface area contributed by atoms with Gasteiger partial charge in [0.15, 0.2) is 6.61 Å². The number of nitrogen functional groups attached to an aromatic ring is 1. The van der Waals surface area contributed by atoms with E-state index >= 15 is 0 Å². The monoisotopic (exact) mass is 264 g/mol. The number of rotatable bonds is 4. The van der Waals surface area contributed by atoms with E-state index in [-0.39, 0.29) is 18.6 Å². The number of hydrogen-bond donors (Lipinski definition) is 3. The van der Waals surface area contributed by atoms with Gasteiger partial charge in [0.1, 0.15) is 5.75 Å². The van der Waals surface area contributed by atoms with Crippen LogP contribution in [0.5, 0.6) is 5.75 Å². The summed E-state index contributed by atoms with van der Waals surface area (Å²) >= 11 is 0. The Kier molecular flexibility index (Phi) is 4.63. The molecule has 0 radical (unpaired) electrons. The molecule has 0 heterocycles. The van der Waals surface area contributed by atoms with E-state index in [0.717, 1.165) is 25.7 Å². The van der Waals surface area contributed by atoms with E-state index in [2.05, 4.69) is 5.32 Å². The number of ether oxygens (including phenoxy) is 1. The maximum absolute atomic E-state index is 11.7. The molecule has 0 saturated heterocycles. The average molecular weight is 264 g/mol. The van der Waals surface area contributed by atoms with Crippen molar-refractivity contribution in [2.75, 3.05) is 12.3 Å². The van der Waals surface area contributed by atoms with Gasteiger partial charge in [-0.1, -0.05) is 18.9 Å². The number of amides is 1. The molecule has 5 heteroatoms. The number of nitrogens with two attached hydrogens (primary N) is 1. The summed E-state index contributed by atoms with van der Waals surface area (Å²) in [5.74, 6) is 0.354. The first-order valence-electron chi connectivity index (χ1n) is 6.61. The van der Waals surface area contributed by atoms with Gasteiger partial charge in [-0.15, -0.1) is 0 Å². The predicted molar refractivity (Wildman–Crippen MR) is 72.8 cm³/mol. The minimum absolute atomic E-state index is 0.0628. The molecule has 19 heavy (non-hydrogen) atoms. The molecule has 1 amide bonds. The van der Waals surface area contributed by atoms with E-state index in [1.165, 1.54) is 0 Å². The summed E-state index contributed by atoms with van der Waals surface area (Å²) in [5, 5.41) is 12.6. The van der Waals surface area contributed by atoms with E-state index in [0.29, 0.717) is 11.4 Å². The lowest BCUT2D eigenvalue weighted by atomic mass is 9.92. The highest BCUT2D eigenvalue weighted by Crippen LogP contribution is 2.18. The predicted octanol–water partition coefficient (Wildman–Crippen LogP) is 1.07. The van der Waals surface area contributed by atoms with Crippen molar-refractivity contribution < 1.29 is 14.6 Å². The second kappa shape index (κ2) is 6.43. The quantitative estimate of drug-likeness (QED) is 0.710. The minimum Gasteiger partial charge on any atom is -0.484 e. The van der Waals surface area contributed by atoms with Crippen molar-refractivity contribution in [2.45, 2.75) is 37.8 Å². The third-order valence-corrected chi connectivity index (χ3v) is 3.30. The lowest BCUT2D eigenvalue weighted by Crippen LogP contribution is -2.46. The Hall–Kier alpha value is -1.75. The fraction of sp³-hybridized carbons (Fsp3) is 0.500. The van der Waals surface area contributed by atoms with Crippen LogP contribution in [0.2, 0.25) is 0 Å². The van der Waals surface area contributed by atoms with Crippen molar-refractivity contribution in [3.05, 3.63) is 24.3 Å². The first-order chi connectivity index (χ1) is 9.15. The number of hydrogen-bond acceptors (Lipinski definition) is 4. The van der Waals surface area contributed by atoms with Crippen LogP contribution >= 0.6 is 0 Å². The molecule has 1 saturated carbocycles. The molecule has 0 aromatic heterocycles. The second-order valence-electron chi connectivity index (χ2n) is 4.89. The smallest absolute Gasteiger partial charge is 0.258 e. The zero-order valence-corrected chi connectivity index (χ0v) is 10.8. The van der Waals surface area contributed by atoms with Crippen LogP contribution < -0.4 is 15.8 Å². The standard InChI is InChI=1S/C14H20N2O3/c15-10-4-3-5-11(8-10)19-9-14(18)16-12-6-1-2-7-13(12)17/h3-5,8,12-13,17H,1-2,6-7,9,15H2,(H,16,18)/t12-,13-/m1/s1. The molecule has 1 aliphatic rings. The Balaban J connectivity index is 1.78. The number of carbonyl (C=O) groups is 1. The molecule has 0 bridgehead atoms. The first-order valence-corrected chi connectivity index (χ1v) is 6.61. The molecule has 1 fully saturated rings. The van der Waals surface area contributed by atoms with Crippen LogP contribution in [0.4, 0.5) is 5.69 Å². The topological polar surface area (TPSA) is 84.6 Å². The molecule has 0 spiro atoms. The Morgan fingerprint density at radius 2 is 2.21 bits per heavy atom. The van der Waals surface area contributed by atoms with Gasteiger partial charge < -0.3 is 20.9 Å². The molecule has 4 N–H and O–H groups in total. The van der Waals surface area contributed by atoms with Crippen molar-refractivity contribution in [1.82, 2.24) is 5.32 Å². The zero-order valence-electron chi connectivity index (χ0n) is 10.8. The summed E-state index contributed by atoms with van der Waals surface area (Å²) in [6.45, 7) is -0.0628. The van der Waals surface area contributed by atoms with Crippen molar-refractivity contribution >= 4 is 11.6 Å². The molecule has 5 nitrogen and oxygen atoms in total. The Morgan fingerprint density at radius 3 is 2.95 bits per heavy atom. The molecular weight excluding hydrogens is 244 g/mol. The van der Waals surface area contributed by atoms with E-state index in [4.69, 9.17) is 10.5 Å². The third-order valence-electron chi connectivity index (χ3n) is 3.30. The van der Waals surface area contributed by atoms with Gasteiger partial charge in [0.05, 0.1) is 12.1 Å². The fourth-order valence-corrected chi connectivity index (χ4v) is 2.28. The molecule has 0 aliphatic heterocycles. The number of benzene rings is 1. The highest BCUT2D eigenvalue weighted by molar-refractivity contribution is 5.78. The normalized spacial score (nSPS) is 22.8. The lowest BCUT2D eigenvalue weighted by Gasteiger charge is -2.28. The van der Waals surface area contributed by atoms with Crippen LogP contribution in [0.15, 0.2) is 24.3 Å². The Bertz CT molecular complexity index is 436. The van der Waals surface area contributed by atoms with Crippen molar-refractivity contribution in [3.8, 4) is 5.75 Å².